The van der Waals surface area contributed by atoms with Crippen molar-refractivity contribution in [1.29, 1.82) is 0 Å². The molecule has 0 spiro atoms. The quantitative estimate of drug-likeness (QED) is 0.177. The lowest BCUT2D eigenvalue weighted by Gasteiger charge is -2.27. The smallest absolute Gasteiger partial charge is 0.303 e. The zero-order valence-corrected chi connectivity index (χ0v) is 21.9. The number of aliphatic carboxylic acids is 1. The molecule has 0 aromatic rings. The van der Waals surface area contributed by atoms with Gasteiger partial charge in [-0.15, -0.1) is 0 Å². The molecule has 1 aliphatic heterocycles. The number of nitrogens with one attached hydrogen (secondary N) is 3. The number of hydrogen-bond donors (Lipinski definition) is 4. The molecule has 0 aromatic heterocycles. The number of amides is 3. The van der Waals surface area contributed by atoms with Gasteiger partial charge in [0, 0.05) is 12.8 Å². The average molecular weight is 498 g/mol. The molecule has 0 aliphatic carbocycles. The van der Waals surface area contributed by atoms with Gasteiger partial charge in [-0.3, -0.25) is 24.0 Å². The molecule has 4 atom stereocenters. The minimum atomic E-state index is -1.17. The predicted molar refractivity (Wildman–Crippen MR) is 130 cm³/mol. The first-order valence-electron chi connectivity index (χ1n) is 12.6. The van der Waals surface area contributed by atoms with Gasteiger partial charge in [0.05, 0.1) is 12.6 Å². The molecule has 1 rings (SSSR count). The van der Waals surface area contributed by atoms with Crippen LogP contribution in [0.2, 0.25) is 0 Å². The van der Waals surface area contributed by atoms with E-state index in [0.29, 0.717) is 19.3 Å². The number of carboxylic acid groups (broad SMARTS) is 1. The van der Waals surface area contributed by atoms with Crippen LogP contribution in [-0.2, 0) is 28.7 Å². The molecule has 10 nitrogen and oxygen atoms in total. The van der Waals surface area contributed by atoms with Gasteiger partial charge in [-0.05, 0) is 38.0 Å². The molecular formula is C25H43N3O7. The molecule has 1 fully saturated rings. The Labute approximate surface area is 208 Å². The van der Waals surface area contributed by atoms with Gasteiger partial charge in [-0.2, -0.15) is 0 Å². The van der Waals surface area contributed by atoms with Crippen LogP contribution >= 0.6 is 0 Å². The zero-order valence-electron chi connectivity index (χ0n) is 21.9. The van der Waals surface area contributed by atoms with Crippen molar-refractivity contribution in [1.82, 2.24) is 16.0 Å². The lowest BCUT2D eigenvalue weighted by Crippen LogP contribution is -2.57. The van der Waals surface area contributed by atoms with Gasteiger partial charge in [0.2, 0.25) is 17.7 Å². The third-order valence-electron chi connectivity index (χ3n) is 5.99. The van der Waals surface area contributed by atoms with Gasteiger partial charge >= 0.3 is 5.97 Å². The van der Waals surface area contributed by atoms with Crippen LogP contribution in [0.5, 0.6) is 0 Å². The second-order valence-electron chi connectivity index (χ2n) is 10.3. The number of carbonyl (C=O) groups is 5. The Hall–Kier alpha value is -2.49. The molecule has 10 heteroatoms. The number of ether oxygens (including phenoxy) is 1. The summed E-state index contributed by atoms with van der Waals surface area (Å²) < 4.78 is 5.25. The summed E-state index contributed by atoms with van der Waals surface area (Å²) in [5, 5.41) is 17.2. The minimum absolute atomic E-state index is 0.104. The summed E-state index contributed by atoms with van der Waals surface area (Å²) in [5.74, 6) is -2.97. The van der Waals surface area contributed by atoms with Crippen molar-refractivity contribution in [2.75, 3.05) is 6.61 Å². The average Bonchev–Trinajstić information content (AvgIpc) is 3.51. The number of ketones is 1. The number of carbonyl (C=O) groups excluding carboxylic acids is 4. The van der Waals surface area contributed by atoms with Gasteiger partial charge in [0.15, 0.2) is 5.78 Å². The third-order valence-corrected chi connectivity index (χ3v) is 5.99. The Balaban J connectivity index is 2.95. The van der Waals surface area contributed by atoms with E-state index in [1.165, 1.54) is 0 Å². The van der Waals surface area contributed by atoms with E-state index >= 15 is 0 Å². The molecule has 1 saturated heterocycles. The Kier molecular flexibility index (Phi) is 12.4. The van der Waals surface area contributed by atoms with Crippen molar-refractivity contribution >= 4 is 29.5 Å². The van der Waals surface area contributed by atoms with Crippen molar-refractivity contribution in [2.45, 2.75) is 110 Å². The number of hydrogen-bond acceptors (Lipinski definition) is 6. The number of epoxide rings is 1. The standard InChI is InChI=1S/C25H43N3O7/c1-7-8-9-10-19(29)28-21(16(4)5)24(34)26-17(11-12-20(30)31)23(33)27-18(13-15(2)3)22(32)25(6)14-35-25/h15-18,21H,7-14H2,1-6H3,(H,26,34)(H,27,33)(H,28,29)(H,30,31). The fourth-order valence-corrected chi connectivity index (χ4v) is 3.71. The maximum Gasteiger partial charge on any atom is 0.303 e. The maximum absolute atomic E-state index is 13.1. The van der Waals surface area contributed by atoms with Gasteiger partial charge in [-0.25, -0.2) is 0 Å². The van der Waals surface area contributed by atoms with E-state index in [2.05, 4.69) is 16.0 Å². The van der Waals surface area contributed by atoms with E-state index in [4.69, 9.17) is 9.84 Å². The predicted octanol–water partition coefficient (Wildman–Crippen LogP) is 1.95. The molecule has 1 heterocycles. The fraction of sp³-hybridized carbons (Fsp3) is 0.800. The van der Waals surface area contributed by atoms with E-state index in [1.807, 2.05) is 20.8 Å². The van der Waals surface area contributed by atoms with Gasteiger partial charge in [0.25, 0.3) is 0 Å². The zero-order chi connectivity index (χ0) is 26.8. The Morgan fingerprint density at radius 2 is 1.51 bits per heavy atom. The highest BCUT2D eigenvalue weighted by atomic mass is 16.6. The summed E-state index contributed by atoms with van der Waals surface area (Å²) in [4.78, 5) is 62.5. The van der Waals surface area contributed by atoms with Crippen molar-refractivity contribution in [2.24, 2.45) is 11.8 Å². The lowest BCUT2D eigenvalue weighted by molar-refractivity contribution is -0.138. The molecule has 4 unspecified atom stereocenters. The van der Waals surface area contributed by atoms with Crippen LogP contribution in [-0.4, -0.2) is 64.9 Å². The van der Waals surface area contributed by atoms with Crippen LogP contribution < -0.4 is 16.0 Å². The Bertz CT molecular complexity index is 762. The van der Waals surface area contributed by atoms with E-state index < -0.39 is 41.5 Å². The molecule has 0 radical (unpaired) electrons. The highest BCUT2D eigenvalue weighted by Crippen LogP contribution is 2.29. The number of carboxylic acids is 1. The molecular weight excluding hydrogens is 454 g/mol. The SMILES string of the molecule is CCCCCC(=O)NC(C(=O)NC(CCC(=O)O)C(=O)NC(CC(C)C)C(=O)C1(C)CO1)C(C)C. The van der Waals surface area contributed by atoms with E-state index in [9.17, 15) is 24.0 Å². The highest BCUT2D eigenvalue weighted by molar-refractivity contribution is 5.98. The first-order chi connectivity index (χ1) is 16.3. The van der Waals surface area contributed by atoms with Crippen molar-refractivity contribution in [3.63, 3.8) is 0 Å². The summed E-state index contributed by atoms with van der Waals surface area (Å²) in [7, 11) is 0. The summed E-state index contributed by atoms with van der Waals surface area (Å²) in [6.07, 6.45) is 2.76. The minimum Gasteiger partial charge on any atom is -0.481 e. The van der Waals surface area contributed by atoms with Gasteiger partial charge in [-0.1, -0.05) is 47.5 Å². The first-order valence-corrected chi connectivity index (χ1v) is 12.6. The molecule has 0 aromatic carbocycles. The van der Waals surface area contributed by atoms with E-state index in [0.717, 1.165) is 12.8 Å². The number of Topliss-reactive ketones (excluding diaryl/α,β-unsaturated/α-hetero) is 1. The van der Waals surface area contributed by atoms with Crippen LogP contribution in [0.15, 0.2) is 0 Å². The molecule has 200 valence electrons. The fourth-order valence-electron chi connectivity index (χ4n) is 3.71. The lowest BCUT2D eigenvalue weighted by atomic mass is 9.93. The van der Waals surface area contributed by atoms with E-state index in [1.54, 1.807) is 20.8 Å². The van der Waals surface area contributed by atoms with Gasteiger partial charge in [0.1, 0.15) is 17.7 Å². The van der Waals surface area contributed by atoms with Crippen LogP contribution in [0.3, 0.4) is 0 Å². The topological polar surface area (TPSA) is 154 Å². The summed E-state index contributed by atoms with van der Waals surface area (Å²) in [5.41, 5.74) is -0.933. The molecule has 4 N–H and O–H groups in total. The number of unbranched alkanes of at least 4 members (excludes halogenated alkanes) is 2. The third kappa shape index (κ3) is 10.8. The van der Waals surface area contributed by atoms with Crippen LogP contribution in [0, 0.1) is 11.8 Å². The summed E-state index contributed by atoms with van der Waals surface area (Å²) in [6.45, 7) is 11.4. The molecule has 0 saturated carbocycles. The van der Waals surface area contributed by atoms with Crippen molar-refractivity contribution in [3.05, 3.63) is 0 Å². The Morgan fingerprint density at radius 3 is 2.00 bits per heavy atom. The first kappa shape index (κ1) is 30.5. The second kappa shape index (κ2) is 14.2. The monoisotopic (exact) mass is 497 g/mol. The van der Waals surface area contributed by atoms with Crippen molar-refractivity contribution in [3.8, 4) is 0 Å². The van der Waals surface area contributed by atoms with Crippen LogP contribution in [0.1, 0.15) is 86.5 Å². The normalized spacial score (nSPS) is 19.5. The summed E-state index contributed by atoms with van der Waals surface area (Å²) in [6, 6.07) is -2.87. The molecule has 1 aliphatic rings. The Morgan fingerprint density at radius 1 is 0.914 bits per heavy atom. The van der Waals surface area contributed by atoms with Crippen molar-refractivity contribution < 1.29 is 33.8 Å². The molecule has 0 bridgehead atoms. The highest BCUT2D eigenvalue weighted by Gasteiger charge is 2.50. The van der Waals surface area contributed by atoms with Gasteiger partial charge < -0.3 is 25.8 Å². The van der Waals surface area contributed by atoms with Crippen LogP contribution in [0.25, 0.3) is 0 Å². The number of rotatable bonds is 17. The van der Waals surface area contributed by atoms with Crippen LogP contribution in [0.4, 0.5) is 0 Å². The largest absolute Gasteiger partial charge is 0.481 e. The second-order valence-corrected chi connectivity index (χ2v) is 10.3. The maximum atomic E-state index is 13.1. The molecule has 3 amide bonds. The molecule has 35 heavy (non-hydrogen) atoms. The van der Waals surface area contributed by atoms with E-state index in [-0.39, 0.29) is 43.0 Å². The summed E-state index contributed by atoms with van der Waals surface area (Å²) >= 11 is 0.